The Morgan fingerprint density at radius 1 is 1.32 bits per heavy atom. The van der Waals surface area contributed by atoms with Crippen molar-refractivity contribution in [3.8, 4) is 5.75 Å². The second-order valence-electron chi connectivity index (χ2n) is 5.13. The van der Waals surface area contributed by atoms with E-state index in [-0.39, 0.29) is 11.9 Å². The van der Waals surface area contributed by atoms with Crippen LogP contribution in [-0.4, -0.2) is 25.6 Å². The minimum atomic E-state index is -0.0833. The zero-order valence-electron chi connectivity index (χ0n) is 11.9. The normalized spacial score (nSPS) is 19.0. The number of benzene rings is 1. The van der Waals surface area contributed by atoms with Crippen LogP contribution in [0.5, 0.6) is 5.75 Å². The fourth-order valence-electron chi connectivity index (χ4n) is 2.35. The molecule has 1 fully saturated rings. The summed E-state index contributed by atoms with van der Waals surface area (Å²) < 4.78 is 5.33. The summed E-state index contributed by atoms with van der Waals surface area (Å²) in [6.07, 6.45) is 3.16. The van der Waals surface area contributed by atoms with E-state index in [1.165, 1.54) is 0 Å². The van der Waals surface area contributed by atoms with Gasteiger partial charge in [0.15, 0.2) is 0 Å². The van der Waals surface area contributed by atoms with Crippen molar-refractivity contribution in [2.75, 3.05) is 19.0 Å². The van der Waals surface area contributed by atoms with Crippen LogP contribution >= 0.6 is 0 Å². The lowest BCUT2D eigenvalue weighted by Gasteiger charge is -2.23. The van der Waals surface area contributed by atoms with Gasteiger partial charge < -0.3 is 15.4 Å². The molecule has 104 valence electrons. The summed E-state index contributed by atoms with van der Waals surface area (Å²) in [5.74, 6) is 0.744. The minimum Gasteiger partial charge on any atom is -0.495 e. The third-order valence-electron chi connectivity index (χ3n) is 3.70. The van der Waals surface area contributed by atoms with Crippen molar-refractivity contribution in [1.29, 1.82) is 0 Å². The Labute approximate surface area is 114 Å². The number of ether oxygens (including phenoxy) is 1. The van der Waals surface area contributed by atoms with Crippen molar-refractivity contribution in [2.45, 2.75) is 39.2 Å². The van der Waals surface area contributed by atoms with Gasteiger partial charge in [0.1, 0.15) is 5.75 Å². The highest BCUT2D eigenvalue weighted by Crippen LogP contribution is 2.28. The summed E-state index contributed by atoms with van der Waals surface area (Å²) in [5.41, 5.74) is 3.06. The molecule has 1 amide bonds. The Hall–Kier alpha value is -1.55. The van der Waals surface area contributed by atoms with E-state index >= 15 is 0 Å². The summed E-state index contributed by atoms with van der Waals surface area (Å²) in [6.45, 7) is 4.98. The molecule has 4 heteroatoms. The SMILES string of the molecule is COc1cc(C)c(C)cc1NC(=O)C1CCCCN1. The van der Waals surface area contributed by atoms with Crippen LogP contribution in [0.3, 0.4) is 0 Å². The van der Waals surface area contributed by atoms with Gasteiger partial charge in [-0.15, -0.1) is 0 Å². The van der Waals surface area contributed by atoms with Crippen molar-refractivity contribution in [1.82, 2.24) is 5.32 Å². The average molecular weight is 262 g/mol. The van der Waals surface area contributed by atoms with E-state index in [1.54, 1.807) is 7.11 Å². The predicted molar refractivity (Wildman–Crippen MR) is 76.7 cm³/mol. The molecule has 1 aliphatic rings. The molecule has 1 saturated heterocycles. The van der Waals surface area contributed by atoms with E-state index in [2.05, 4.69) is 10.6 Å². The first-order valence-electron chi connectivity index (χ1n) is 6.81. The van der Waals surface area contributed by atoms with Gasteiger partial charge in [-0.05, 0) is 56.5 Å². The second-order valence-corrected chi connectivity index (χ2v) is 5.13. The van der Waals surface area contributed by atoms with Gasteiger partial charge in [-0.25, -0.2) is 0 Å². The third kappa shape index (κ3) is 3.26. The Morgan fingerprint density at radius 2 is 2.05 bits per heavy atom. The van der Waals surface area contributed by atoms with Crippen molar-refractivity contribution < 1.29 is 9.53 Å². The zero-order valence-corrected chi connectivity index (χ0v) is 11.9. The number of hydrogen-bond acceptors (Lipinski definition) is 3. The van der Waals surface area contributed by atoms with Crippen LogP contribution in [0.15, 0.2) is 12.1 Å². The molecule has 1 atom stereocenters. The van der Waals surface area contributed by atoms with Gasteiger partial charge in [0, 0.05) is 0 Å². The number of amides is 1. The topological polar surface area (TPSA) is 50.4 Å². The molecule has 1 heterocycles. The van der Waals surface area contributed by atoms with Crippen molar-refractivity contribution in [2.24, 2.45) is 0 Å². The molecular weight excluding hydrogens is 240 g/mol. The van der Waals surface area contributed by atoms with Gasteiger partial charge in [-0.1, -0.05) is 6.42 Å². The maximum Gasteiger partial charge on any atom is 0.241 e. The summed E-state index contributed by atoms with van der Waals surface area (Å²) in [4.78, 5) is 12.2. The summed E-state index contributed by atoms with van der Waals surface area (Å²) >= 11 is 0. The highest BCUT2D eigenvalue weighted by atomic mass is 16.5. The molecule has 1 aromatic rings. The number of rotatable bonds is 3. The lowest BCUT2D eigenvalue weighted by molar-refractivity contribution is -0.118. The fraction of sp³-hybridized carbons (Fsp3) is 0.533. The monoisotopic (exact) mass is 262 g/mol. The van der Waals surface area contributed by atoms with Crippen LogP contribution in [-0.2, 0) is 4.79 Å². The number of aryl methyl sites for hydroxylation is 2. The molecule has 0 aliphatic carbocycles. The molecule has 1 aromatic carbocycles. The highest BCUT2D eigenvalue weighted by Gasteiger charge is 2.21. The Balaban J connectivity index is 2.13. The molecule has 2 rings (SSSR count). The molecule has 0 radical (unpaired) electrons. The molecule has 2 N–H and O–H groups in total. The second kappa shape index (κ2) is 6.06. The van der Waals surface area contributed by atoms with Crippen molar-refractivity contribution >= 4 is 11.6 Å². The Morgan fingerprint density at radius 3 is 2.68 bits per heavy atom. The van der Waals surface area contributed by atoms with E-state index in [1.807, 2.05) is 26.0 Å². The first kappa shape index (κ1) is 13.9. The van der Waals surface area contributed by atoms with Crippen LogP contribution in [0.2, 0.25) is 0 Å². The first-order valence-corrected chi connectivity index (χ1v) is 6.81. The van der Waals surface area contributed by atoms with Gasteiger partial charge in [-0.2, -0.15) is 0 Å². The molecule has 0 spiro atoms. The predicted octanol–water partition coefficient (Wildman–Crippen LogP) is 2.39. The van der Waals surface area contributed by atoms with E-state index in [0.29, 0.717) is 5.75 Å². The number of carbonyl (C=O) groups is 1. The lowest BCUT2D eigenvalue weighted by atomic mass is 10.0. The quantitative estimate of drug-likeness (QED) is 0.879. The van der Waals surface area contributed by atoms with Crippen LogP contribution in [0.4, 0.5) is 5.69 Å². The minimum absolute atomic E-state index is 0.0289. The lowest BCUT2D eigenvalue weighted by Crippen LogP contribution is -2.43. The van der Waals surface area contributed by atoms with E-state index in [0.717, 1.165) is 42.6 Å². The van der Waals surface area contributed by atoms with Gasteiger partial charge in [0.25, 0.3) is 0 Å². The molecule has 1 aliphatic heterocycles. The van der Waals surface area contributed by atoms with Gasteiger partial charge in [0.2, 0.25) is 5.91 Å². The largest absolute Gasteiger partial charge is 0.495 e. The van der Waals surface area contributed by atoms with Crippen molar-refractivity contribution in [3.05, 3.63) is 23.3 Å². The molecule has 1 unspecified atom stereocenters. The average Bonchev–Trinajstić information content (AvgIpc) is 2.43. The first-order chi connectivity index (χ1) is 9.11. The number of piperidine rings is 1. The smallest absolute Gasteiger partial charge is 0.241 e. The maximum absolute atomic E-state index is 12.2. The molecule has 19 heavy (non-hydrogen) atoms. The summed E-state index contributed by atoms with van der Waals surface area (Å²) in [5, 5.41) is 6.22. The maximum atomic E-state index is 12.2. The van der Waals surface area contributed by atoms with Crippen LogP contribution < -0.4 is 15.4 Å². The molecule has 4 nitrogen and oxygen atoms in total. The fourth-order valence-corrected chi connectivity index (χ4v) is 2.35. The number of methoxy groups -OCH3 is 1. The van der Waals surface area contributed by atoms with Gasteiger partial charge in [0.05, 0.1) is 18.8 Å². The number of carbonyl (C=O) groups excluding carboxylic acids is 1. The van der Waals surface area contributed by atoms with Gasteiger partial charge >= 0.3 is 0 Å². The van der Waals surface area contributed by atoms with E-state index < -0.39 is 0 Å². The van der Waals surface area contributed by atoms with Gasteiger partial charge in [-0.3, -0.25) is 4.79 Å². The third-order valence-corrected chi connectivity index (χ3v) is 3.70. The Kier molecular flexibility index (Phi) is 4.43. The van der Waals surface area contributed by atoms with Crippen LogP contribution in [0.25, 0.3) is 0 Å². The van der Waals surface area contributed by atoms with E-state index in [9.17, 15) is 4.79 Å². The Bertz CT molecular complexity index is 465. The van der Waals surface area contributed by atoms with Crippen LogP contribution in [0.1, 0.15) is 30.4 Å². The summed E-state index contributed by atoms with van der Waals surface area (Å²) in [6, 6.07) is 3.84. The number of anilines is 1. The molecule has 0 saturated carbocycles. The standard InChI is InChI=1S/C15H22N2O2/c1-10-8-13(14(19-3)9-11(10)2)17-15(18)12-6-4-5-7-16-12/h8-9,12,16H,4-7H2,1-3H3,(H,17,18). The van der Waals surface area contributed by atoms with Crippen molar-refractivity contribution in [3.63, 3.8) is 0 Å². The number of hydrogen-bond donors (Lipinski definition) is 2. The number of nitrogens with one attached hydrogen (secondary N) is 2. The van der Waals surface area contributed by atoms with Crippen LogP contribution in [0, 0.1) is 13.8 Å². The summed E-state index contributed by atoms with van der Waals surface area (Å²) in [7, 11) is 1.62. The molecule has 0 bridgehead atoms. The zero-order chi connectivity index (χ0) is 13.8. The van der Waals surface area contributed by atoms with E-state index in [4.69, 9.17) is 4.74 Å². The molecule has 0 aromatic heterocycles. The molecular formula is C15H22N2O2. The highest BCUT2D eigenvalue weighted by molar-refractivity contribution is 5.96.